The zero-order chi connectivity index (χ0) is 16.1. The van der Waals surface area contributed by atoms with Crippen LogP contribution in [0.5, 0.6) is 0 Å². The quantitative estimate of drug-likeness (QED) is 0.877. The van der Waals surface area contributed by atoms with Gasteiger partial charge in [-0.3, -0.25) is 9.59 Å². The Morgan fingerprint density at radius 3 is 2.59 bits per heavy atom. The molecule has 1 N–H and O–H groups in total. The molecule has 0 spiro atoms. The molecule has 2 amide bonds. The number of halogens is 2. The van der Waals surface area contributed by atoms with Gasteiger partial charge in [0.05, 0.1) is 22.3 Å². The highest BCUT2D eigenvalue weighted by Crippen LogP contribution is 2.29. The van der Waals surface area contributed by atoms with Crippen molar-refractivity contribution < 1.29 is 9.59 Å². The first kappa shape index (κ1) is 16.2. The molecule has 116 valence electrons. The highest BCUT2D eigenvalue weighted by atomic mass is 35.5. The van der Waals surface area contributed by atoms with Crippen LogP contribution in [0.3, 0.4) is 0 Å². The van der Waals surface area contributed by atoms with Crippen molar-refractivity contribution in [1.82, 2.24) is 25.1 Å². The highest BCUT2D eigenvalue weighted by molar-refractivity contribution is 6.39. The second-order valence-corrected chi connectivity index (χ2v) is 5.22. The first-order valence-corrected chi connectivity index (χ1v) is 6.91. The standard InChI is InChI=1S/C12H12Cl2N6O2/c1-19(11(22)6-20-7-15-17-18-20)5-10(21)16-12-8(13)3-2-4-9(12)14/h2-4,7H,5-6H2,1H3,(H,16,21). The van der Waals surface area contributed by atoms with E-state index in [4.69, 9.17) is 23.2 Å². The van der Waals surface area contributed by atoms with Gasteiger partial charge in [-0.2, -0.15) is 0 Å². The molecular weight excluding hydrogens is 331 g/mol. The topological polar surface area (TPSA) is 93.0 Å². The zero-order valence-electron chi connectivity index (χ0n) is 11.5. The number of para-hydroxylation sites is 1. The Morgan fingerprint density at radius 2 is 2.00 bits per heavy atom. The summed E-state index contributed by atoms with van der Waals surface area (Å²) in [6, 6.07) is 4.88. The van der Waals surface area contributed by atoms with Crippen LogP contribution in [0, 0.1) is 0 Å². The van der Waals surface area contributed by atoms with Crippen molar-refractivity contribution in [1.29, 1.82) is 0 Å². The number of nitrogens with zero attached hydrogens (tertiary/aromatic N) is 5. The fourth-order valence-corrected chi connectivity index (χ4v) is 2.10. The predicted molar refractivity (Wildman–Crippen MR) is 80.5 cm³/mol. The van der Waals surface area contributed by atoms with Crippen LogP contribution in [-0.2, 0) is 16.1 Å². The summed E-state index contributed by atoms with van der Waals surface area (Å²) in [4.78, 5) is 25.1. The number of carbonyl (C=O) groups excluding carboxylic acids is 2. The molecule has 0 saturated heterocycles. The molecule has 2 rings (SSSR count). The number of tetrazole rings is 1. The number of rotatable bonds is 5. The van der Waals surface area contributed by atoms with Gasteiger partial charge in [0.15, 0.2) is 0 Å². The summed E-state index contributed by atoms with van der Waals surface area (Å²) in [5, 5.41) is 13.7. The number of anilines is 1. The second kappa shape index (κ2) is 7.19. The van der Waals surface area contributed by atoms with Gasteiger partial charge in [-0.25, -0.2) is 4.68 Å². The van der Waals surface area contributed by atoms with Crippen LogP contribution in [0.25, 0.3) is 0 Å². The number of hydrogen-bond donors (Lipinski definition) is 1. The van der Waals surface area contributed by atoms with E-state index >= 15 is 0 Å². The summed E-state index contributed by atoms with van der Waals surface area (Å²) in [6.07, 6.45) is 1.31. The normalized spacial score (nSPS) is 10.3. The maximum atomic E-state index is 12.0. The van der Waals surface area contributed by atoms with Gasteiger partial charge >= 0.3 is 0 Å². The van der Waals surface area contributed by atoms with Crippen LogP contribution in [0.4, 0.5) is 5.69 Å². The van der Waals surface area contributed by atoms with Crippen molar-refractivity contribution in [3.63, 3.8) is 0 Å². The van der Waals surface area contributed by atoms with E-state index in [1.165, 1.54) is 23.0 Å². The maximum Gasteiger partial charge on any atom is 0.244 e. The average molecular weight is 343 g/mol. The number of aromatic nitrogens is 4. The molecular formula is C12H12Cl2N6O2. The van der Waals surface area contributed by atoms with Gasteiger partial charge in [-0.1, -0.05) is 29.3 Å². The van der Waals surface area contributed by atoms with Gasteiger partial charge in [-0.05, 0) is 22.6 Å². The van der Waals surface area contributed by atoms with Crippen LogP contribution in [-0.4, -0.2) is 50.5 Å². The molecule has 0 radical (unpaired) electrons. The molecule has 0 fully saturated rings. The molecule has 1 aromatic carbocycles. The molecule has 0 bridgehead atoms. The third-order valence-electron chi connectivity index (χ3n) is 2.72. The summed E-state index contributed by atoms with van der Waals surface area (Å²) in [7, 11) is 1.50. The molecule has 10 heteroatoms. The first-order valence-electron chi connectivity index (χ1n) is 6.16. The summed E-state index contributed by atoms with van der Waals surface area (Å²) >= 11 is 11.9. The van der Waals surface area contributed by atoms with E-state index in [9.17, 15) is 9.59 Å². The molecule has 2 aromatic rings. The first-order chi connectivity index (χ1) is 10.5. The molecule has 1 aromatic heterocycles. The zero-order valence-corrected chi connectivity index (χ0v) is 13.0. The van der Waals surface area contributed by atoms with Crippen molar-refractivity contribution in [3.8, 4) is 0 Å². The van der Waals surface area contributed by atoms with E-state index in [0.717, 1.165) is 0 Å². The van der Waals surface area contributed by atoms with Gasteiger partial charge < -0.3 is 10.2 Å². The van der Waals surface area contributed by atoms with Crippen molar-refractivity contribution in [3.05, 3.63) is 34.6 Å². The van der Waals surface area contributed by atoms with E-state index < -0.39 is 5.91 Å². The average Bonchev–Trinajstić information content (AvgIpc) is 2.96. The molecule has 1 heterocycles. The van der Waals surface area contributed by atoms with Gasteiger partial charge in [0.2, 0.25) is 11.8 Å². The Morgan fingerprint density at radius 1 is 1.32 bits per heavy atom. The van der Waals surface area contributed by atoms with E-state index in [1.54, 1.807) is 18.2 Å². The number of benzene rings is 1. The van der Waals surface area contributed by atoms with Crippen LogP contribution in [0.15, 0.2) is 24.5 Å². The van der Waals surface area contributed by atoms with E-state index in [1.807, 2.05) is 0 Å². The predicted octanol–water partition coefficient (Wildman–Crippen LogP) is 1.08. The summed E-state index contributed by atoms with van der Waals surface area (Å²) in [5.41, 5.74) is 0.317. The fourth-order valence-electron chi connectivity index (χ4n) is 1.61. The Bertz CT molecular complexity index is 656. The van der Waals surface area contributed by atoms with Gasteiger partial charge in [0, 0.05) is 7.05 Å². The van der Waals surface area contributed by atoms with Crippen molar-refractivity contribution in [2.75, 3.05) is 18.9 Å². The van der Waals surface area contributed by atoms with Crippen molar-refractivity contribution in [2.45, 2.75) is 6.54 Å². The number of hydrogen-bond acceptors (Lipinski definition) is 5. The Kier molecular flexibility index (Phi) is 5.29. The molecule has 0 unspecified atom stereocenters. The van der Waals surface area contributed by atoms with Crippen LogP contribution < -0.4 is 5.32 Å². The Labute approximate surface area is 136 Å². The smallest absolute Gasteiger partial charge is 0.244 e. The van der Waals surface area contributed by atoms with Crippen molar-refractivity contribution >= 4 is 40.7 Å². The molecule has 8 nitrogen and oxygen atoms in total. The largest absolute Gasteiger partial charge is 0.335 e. The fraction of sp³-hybridized carbons (Fsp3) is 0.250. The van der Waals surface area contributed by atoms with E-state index in [0.29, 0.717) is 15.7 Å². The number of likely N-dealkylation sites (N-methyl/N-ethyl adjacent to an activating group) is 1. The molecule has 0 aliphatic rings. The number of carbonyl (C=O) groups is 2. The number of nitrogens with one attached hydrogen (secondary N) is 1. The van der Waals surface area contributed by atoms with Gasteiger partial charge in [-0.15, -0.1) is 5.10 Å². The van der Waals surface area contributed by atoms with E-state index in [-0.39, 0.29) is 19.0 Å². The van der Waals surface area contributed by atoms with Gasteiger partial charge in [0.25, 0.3) is 0 Å². The monoisotopic (exact) mass is 342 g/mol. The van der Waals surface area contributed by atoms with Crippen LogP contribution in [0.2, 0.25) is 10.0 Å². The minimum absolute atomic E-state index is 0.0520. The lowest BCUT2D eigenvalue weighted by atomic mass is 10.3. The third kappa shape index (κ3) is 4.15. The summed E-state index contributed by atoms with van der Waals surface area (Å²) in [6.45, 7) is -0.202. The van der Waals surface area contributed by atoms with Gasteiger partial charge in [0.1, 0.15) is 12.9 Å². The molecule has 0 aliphatic heterocycles. The summed E-state index contributed by atoms with van der Waals surface area (Å²) in [5.74, 6) is -0.727. The minimum atomic E-state index is -0.414. The van der Waals surface area contributed by atoms with Crippen LogP contribution in [0.1, 0.15) is 0 Å². The van der Waals surface area contributed by atoms with Crippen molar-refractivity contribution in [2.24, 2.45) is 0 Å². The molecule has 0 saturated carbocycles. The SMILES string of the molecule is CN(CC(=O)Nc1c(Cl)cccc1Cl)C(=O)Cn1cnnn1. The lowest BCUT2D eigenvalue weighted by Crippen LogP contribution is -2.37. The maximum absolute atomic E-state index is 12.0. The molecule has 22 heavy (non-hydrogen) atoms. The lowest BCUT2D eigenvalue weighted by Gasteiger charge is -2.17. The number of amides is 2. The second-order valence-electron chi connectivity index (χ2n) is 4.40. The molecule has 0 aliphatic carbocycles. The van der Waals surface area contributed by atoms with E-state index in [2.05, 4.69) is 20.8 Å². The highest BCUT2D eigenvalue weighted by Gasteiger charge is 2.16. The Balaban J connectivity index is 1.92. The van der Waals surface area contributed by atoms with Crippen LogP contribution >= 0.6 is 23.2 Å². The lowest BCUT2D eigenvalue weighted by molar-refractivity contribution is -0.134. The minimum Gasteiger partial charge on any atom is -0.335 e. The molecule has 0 atom stereocenters. The Hall–Kier alpha value is -2.19. The summed E-state index contributed by atoms with van der Waals surface area (Å²) < 4.78 is 1.27. The third-order valence-corrected chi connectivity index (χ3v) is 3.35.